The molecule has 0 aliphatic carbocycles. The van der Waals surface area contributed by atoms with Crippen molar-refractivity contribution in [1.29, 1.82) is 0 Å². The predicted octanol–water partition coefficient (Wildman–Crippen LogP) is 7.37. The fourth-order valence-corrected chi connectivity index (χ4v) is 5.50. The first-order valence-electron chi connectivity index (χ1n) is 10.0. The number of benzene rings is 4. The Labute approximate surface area is 184 Å². The van der Waals surface area contributed by atoms with Crippen LogP contribution in [-0.2, 0) is 16.5 Å². The Morgan fingerprint density at radius 1 is 0.645 bits per heavy atom. The maximum absolute atomic E-state index is 14.8. The third kappa shape index (κ3) is 4.80. The monoisotopic (exact) mass is 433 g/mol. The van der Waals surface area contributed by atoms with E-state index in [0.29, 0.717) is 0 Å². The zero-order valence-corrected chi connectivity index (χ0v) is 18.2. The number of halogens is 2. The highest BCUT2D eigenvalue weighted by atomic mass is 32.2. The lowest BCUT2D eigenvalue weighted by Crippen LogP contribution is -2.25. The highest BCUT2D eigenvalue weighted by molar-refractivity contribution is 7.97. The number of hydrogen-bond donors (Lipinski definition) is 0. The van der Waals surface area contributed by atoms with Crippen molar-refractivity contribution in [2.75, 3.05) is 0 Å². The minimum atomic E-state index is -0.828. The van der Waals surface area contributed by atoms with E-state index in [2.05, 4.69) is 24.3 Å². The number of rotatable bonds is 6. The van der Waals surface area contributed by atoms with E-state index in [1.54, 1.807) is 18.2 Å². The molecular formula is C27H23F2OS+. The fourth-order valence-electron chi connectivity index (χ4n) is 3.40. The molecule has 0 radical (unpaired) electrons. The Hall–Kier alpha value is -3.11. The number of ether oxygens (including phenoxy) is 1. The van der Waals surface area contributed by atoms with E-state index >= 15 is 0 Å². The minimum Gasteiger partial charge on any atom is -0.480 e. The zero-order valence-electron chi connectivity index (χ0n) is 17.4. The topological polar surface area (TPSA) is 9.23 Å². The molecule has 0 aliphatic heterocycles. The van der Waals surface area contributed by atoms with Crippen molar-refractivity contribution in [2.24, 2.45) is 0 Å². The molecule has 1 nitrogen and oxygen atoms in total. The van der Waals surface area contributed by atoms with Gasteiger partial charge < -0.3 is 4.74 Å². The van der Waals surface area contributed by atoms with Crippen LogP contribution in [0, 0.1) is 11.6 Å². The van der Waals surface area contributed by atoms with Crippen molar-refractivity contribution in [3.05, 3.63) is 120 Å². The highest BCUT2D eigenvalue weighted by Crippen LogP contribution is 2.36. The minimum absolute atomic E-state index is 0.177. The Kier molecular flexibility index (Phi) is 6.10. The van der Waals surface area contributed by atoms with Crippen molar-refractivity contribution >= 4 is 10.9 Å². The van der Waals surface area contributed by atoms with Crippen LogP contribution in [0.15, 0.2) is 118 Å². The van der Waals surface area contributed by atoms with Gasteiger partial charge in [-0.25, -0.2) is 8.78 Å². The second kappa shape index (κ2) is 8.94. The van der Waals surface area contributed by atoms with Crippen LogP contribution >= 0.6 is 0 Å². The average molecular weight is 434 g/mol. The van der Waals surface area contributed by atoms with Crippen LogP contribution in [-0.4, -0.2) is 0 Å². The molecule has 4 aromatic carbocycles. The van der Waals surface area contributed by atoms with Gasteiger partial charge in [0.25, 0.3) is 0 Å². The van der Waals surface area contributed by atoms with Gasteiger partial charge >= 0.3 is 0 Å². The molecule has 0 saturated carbocycles. The molecule has 4 aromatic rings. The summed E-state index contributed by atoms with van der Waals surface area (Å²) in [6.07, 6.45) is 0. The predicted molar refractivity (Wildman–Crippen MR) is 122 cm³/mol. The largest absolute Gasteiger partial charge is 0.480 e. The molecule has 0 aliphatic rings. The van der Waals surface area contributed by atoms with Crippen LogP contribution in [0.1, 0.15) is 19.4 Å². The smallest absolute Gasteiger partial charge is 0.170 e. The van der Waals surface area contributed by atoms with E-state index in [1.807, 2.05) is 56.3 Å². The normalized spacial score (nSPS) is 11.5. The van der Waals surface area contributed by atoms with Crippen LogP contribution in [0.4, 0.5) is 8.78 Å². The van der Waals surface area contributed by atoms with Gasteiger partial charge in [0.15, 0.2) is 26.3 Å². The van der Waals surface area contributed by atoms with Gasteiger partial charge in [-0.15, -0.1) is 0 Å². The summed E-state index contributed by atoms with van der Waals surface area (Å²) in [7, 11) is -0.405. The molecule has 156 valence electrons. The molecule has 0 atom stereocenters. The maximum Gasteiger partial charge on any atom is 0.170 e. The number of hydrogen-bond acceptors (Lipinski definition) is 1. The SMILES string of the molecule is CC(C)(Oc1cc([S+](c2ccccc2)c2ccccc2)ccc1F)c1ccc(F)cc1. The van der Waals surface area contributed by atoms with Gasteiger partial charge in [0, 0.05) is 6.07 Å². The maximum atomic E-state index is 14.8. The van der Waals surface area contributed by atoms with Crippen molar-refractivity contribution in [3.63, 3.8) is 0 Å². The molecule has 0 aromatic heterocycles. The van der Waals surface area contributed by atoms with Gasteiger partial charge in [-0.2, -0.15) is 0 Å². The molecule has 0 heterocycles. The summed E-state index contributed by atoms with van der Waals surface area (Å²) >= 11 is 0. The van der Waals surface area contributed by atoms with Crippen LogP contribution < -0.4 is 4.74 Å². The second-order valence-corrected chi connectivity index (χ2v) is 9.67. The molecule has 0 amide bonds. The van der Waals surface area contributed by atoms with Crippen LogP contribution in [0.2, 0.25) is 0 Å². The third-order valence-electron chi connectivity index (χ3n) is 5.00. The molecule has 0 fully saturated rings. The standard InChI is InChI=1S/C27H23F2OS/c1-27(2,20-13-15-21(28)16-14-20)30-26-19-24(17-18-25(26)29)31(22-9-5-3-6-10-22)23-11-7-4-8-12-23/h3-19H,1-2H3/q+1. The molecule has 0 unspecified atom stereocenters. The lowest BCUT2D eigenvalue weighted by Gasteiger charge is -2.27. The first kappa shape index (κ1) is 21.1. The van der Waals surface area contributed by atoms with Gasteiger partial charge in [-0.3, -0.25) is 0 Å². The van der Waals surface area contributed by atoms with E-state index in [1.165, 1.54) is 18.2 Å². The summed E-state index contributed by atoms with van der Waals surface area (Å²) in [5.74, 6) is -0.567. The quantitative estimate of drug-likeness (QED) is 0.288. The van der Waals surface area contributed by atoms with Gasteiger partial charge in [0.05, 0.1) is 10.9 Å². The van der Waals surface area contributed by atoms with E-state index < -0.39 is 22.3 Å². The van der Waals surface area contributed by atoms with Crippen LogP contribution in [0.25, 0.3) is 0 Å². The fraction of sp³-hybridized carbons (Fsp3) is 0.111. The van der Waals surface area contributed by atoms with E-state index in [0.717, 1.165) is 20.2 Å². The summed E-state index contributed by atoms with van der Waals surface area (Å²) < 4.78 is 34.2. The molecule has 0 spiro atoms. The molecule has 0 bridgehead atoms. The van der Waals surface area contributed by atoms with Crippen molar-refractivity contribution in [3.8, 4) is 5.75 Å². The Bertz CT molecular complexity index is 1100. The van der Waals surface area contributed by atoms with Gasteiger partial charge in [0.1, 0.15) is 11.4 Å². The summed E-state index contributed by atoms with van der Waals surface area (Å²) in [6.45, 7) is 3.70. The Morgan fingerprint density at radius 2 is 1.19 bits per heavy atom. The molecule has 0 saturated heterocycles. The Balaban J connectivity index is 1.74. The molecule has 0 N–H and O–H groups in total. The summed E-state index contributed by atoms with van der Waals surface area (Å²) in [6, 6.07) is 31.5. The van der Waals surface area contributed by atoms with Crippen LogP contribution in [0.3, 0.4) is 0 Å². The molecular weight excluding hydrogens is 410 g/mol. The Morgan fingerprint density at radius 3 is 1.74 bits per heavy atom. The molecule has 4 rings (SSSR count). The van der Waals surface area contributed by atoms with E-state index in [9.17, 15) is 8.78 Å². The van der Waals surface area contributed by atoms with Gasteiger partial charge in [-0.1, -0.05) is 48.5 Å². The van der Waals surface area contributed by atoms with Crippen molar-refractivity contribution in [2.45, 2.75) is 34.1 Å². The van der Waals surface area contributed by atoms with E-state index in [-0.39, 0.29) is 11.6 Å². The van der Waals surface area contributed by atoms with Crippen molar-refractivity contribution in [1.82, 2.24) is 0 Å². The zero-order chi connectivity index (χ0) is 21.8. The molecule has 4 heteroatoms. The average Bonchev–Trinajstić information content (AvgIpc) is 2.78. The van der Waals surface area contributed by atoms with Gasteiger partial charge in [-0.05, 0) is 67.9 Å². The van der Waals surface area contributed by atoms with E-state index in [4.69, 9.17) is 4.74 Å². The first-order valence-corrected chi connectivity index (χ1v) is 11.3. The summed E-state index contributed by atoms with van der Waals surface area (Å²) in [4.78, 5) is 3.25. The van der Waals surface area contributed by atoms with Crippen molar-refractivity contribution < 1.29 is 13.5 Å². The summed E-state index contributed by atoms with van der Waals surface area (Å²) in [5.41, 5.74) is -0.0607. The lowest BCUT2D eigenvalue weighted by atomic mass is 9.98. The third-order valence-corrected chi connectivity index (χ3v) is 7.21. The highest BCUT2D eigenvalue weighted by Gasteiger charge is 2.31. The second-order valence-electron chi connectivity index (χ2n) is 7.64. The summed E-state index contributed by atoms with van der Waals surface area (Å²) in [5, 5.41) is 0. The molecule has 31 heavy (non-hydrogen) atoms. The van der Waals surface area contributed by atoms with Crippen LogP contribution in [0.5, 0.6) is 5.75 Å². The first-order chi connectivity index (χ1) is 14.9. The lowest BCUT2D eigenvalue weighted by molar-refractivity contribution is 0.102. The van der Waals surface area contributed by atoms with Gasteiger partial charge in [0.2, 0.25) is 0 Å².